The van der Waals surface area contributed by atoms with Crippen molar-refractivity contribution < 1.29 is 26.7 Å². The molecule has 1 aliphatic carbocycles. The number of benzene rings is 1. The van der Waals surface area contributed by atoms with Gasteiger partial charge in [0.25, 0.3) is 15.7 Å². The number of hydrazone groups is 1. The van der Waals surface area contributed by atoms with E-state index in [9.17, 15) is 26.7 Å². The lowest BCUT2D eigenvalue weighted by Gasteiger charge is -2.39. The van der Waals surface area contributed by atoms with Gasteiger partial charge in [0, 0.05) is 0 Å². The van der Waals surface area contributed by atoms with Crippen molar-refractivity contribution in [3.63, 3.8) is 0 Å². The van der Waals surface area contributed by atoms with Crippen molar-refractivity contribution in [3.8, 4) is 0 Å². The summed E-state index contributed by atoms with van der Waals surface area (Å²) in [5.74, 6) is -1.69. The second-order valence-electron chi connectivity index (χ2n) is 6.19. The highest BCUT2D eigenvalue weighted by atomic mass is 32.2. The summed E-state index contributed by atoms with van der Waals surface area (Å²) in [5.41, 5.74) is -3.45. The molecule has 0 spiro atoms. The smallest absolute Gasteiger partial charge is 0.361 e. The summed E-state index contributed by atoms with van der Waals surface area (Å²) >= 11 is 0. The van der Waals surface area contributed by atoms with Crippen LogP contribution in [-0.2, 0) is 10.0 Å². The maximum Gasteiger partial charge on any atom is 0.439 e. The summed E-state index contributed by atoms with van der Waals surface area (Å²) in [6.07, 6.45) is -4.03. The van der Waals surface area contributed by atoms with E-state index in [4.69, 9.17) is 0 Å². The molecule has 1 aromatic carbocycles. The summed E-state index contributed by atoms with van der Waals surface area (Å²) in [5, 5.41) is 14.3. The van der Waals surface area contributed by atoms with E-state index in [0.717, 1.165) is 0 Å². The zero-order chi connectivity index (χ0) is 17.8. The number of hydrogen-bond acceptors (Lipinski definition) is 4. The topological polar surface area (TPSA) is 70.0 Å². The van der Waals surface area contributed by atoms with Gasteiger partial charge in [-0.1, -0.05) is 31.5 Å². The van der Waals surface area contributed by atoms with E-state index < -0.39 is 27.8 Å². The Balaban J connectivity index is 2.17. The number of fused-ring (bicyclic) bond motifs is 1. The van der Waals surface area contributed by atoms with Crippen LogP contribution in [0.25, 0.3) is 0 Å². The number of sulfonamides is 1. The van der Waals surface area contributed by atoms with Crippen molar-refractivity contribution >= 4 is 15.7 Å². The van der Waals surface area contributed by atoms with E-state index in [1.807, 2.05) is 0 Å². The van der Waals surface area contributed by atoms with Crippen LogP contribution in [0.3, 0.4) is 0 Å². The Kier molecular flexibility index (Phi) is 3.91. The Hall–Kier alpha value is -1.61. The van der Waals surface area contributed by atoms with Gasteiger partial charge in [-0.05, 0) is 30.9 Å². The lowest BCUT2D eigenvalue weighted by Crippen LogP contribution is -2.61. The first-order chi connectivity index (χ1) is 11.1. The molecule has 3 atom stereocenters. The first-order valence-electron chi connectivity index (χ1n) is 7.58. The molecule has 1 aromatic rings. The summed E-state index contributed by atoms with van der Waals surface area (Å²) in [6, 6.07) is 6.71. The maximum atomic E-state index is 13.7. The van der Waals surface area contributed by atoms with E-state index in [1.54, 1.807) is 13.0 Å². The number of hydrogen-bond donors (Lipinski definition) is 1. The number of halogens is 3. The molecule has 3 unspecified atom stereocenters. The maximum absolute atomic E-state index is 13.7. The van der Waals surface area contributed by atoms with Gasteiger partial charge in [0.15, 0.2) is 0 Å². The predicted molar refractivity (Wildman–Crippen MR) is 80.4 cm³/mol. The van der Waals surface area contributed by atoms with Crippen LogP contribution in [0.2, 0.25) is 0 Å². The second kappa shape index (κ2) is 5.45. The second-order valence-corrected chi connectivity index (χ2v) is 7.96. The average Bonchev–Trinajstić information content (AvgIpc) is 2.85. The van der Waals surface area contributed by atoms with Gasteiger partial charge in [-0.2, -0.15) is 26.7 Å². The van der Waals surface area contributed by atoms with Gasteiger partial charge in [0.1, 0.15) is 0 Å². The fraction of sp³-hybridized carbons (Fsp3) is 0.533. The van der Waals surface area contributed by atoms with E-state index in [0.29, 0.717) is 12.8 Å². The first kappa shape index (κ1) is 17.2. The molecule has 0 radical (unpaired) electrons. The molecule has 0 saturated heterocycles. The zero-order valence-corrected chi connectivity index (χ0v) is 13.7. The summed E-state index contributed by atoms with van der Waals surface area (Å²) in [4.78, 5) is -0.344. The highest BCUT2D eigenvalue weighted by molar-refractivity contribution is 7.89. The minimum absolute atomic E-state index is 0.0417. The van der Waals surface area contributed by atoms with Crippen LogP contribution in [0.15, 0.2) is 40.3 Å². The Morgan fingerprint density at radius 2 is 1.88 bits per heavy atom. The monoisotopic (exact) mass is 362 g/mol. The van der Waals surface area contributed by atoms with Crippen LogP contribution < -0.4 is 0 Å². The molecule has 1 heterocycles. The van der Waals surface area contributed by atoms with Crippen LogP contribution in [0.5, 0.6) is 0 Å². The van der Waals surface area contributed by atoms with Gasteiger partial charge < -0.3 is 5.11 Å². The molecule has 3 rings (SSSR count). The molecular formula is C15H17F3N2O3S. The van der Waals surface area contributed by atoms with Crippen molar-refractivity contribution in [1.82, 2.24) is 4.41 Å². The number of nitrogens with zero attached hydrogens (tertiary/aromatic N) is 2. The molecule has 5 nitrogen and oxygen atoms in total. The summed E-state index contributed by atoms with van der Waals surface area (Å²) < 4.78 is 66.4. The molecule has 0 aromatic heterocycles. The Morgan fingerprint density at radius 1 is 1.25 bits per heavy atom. The predicted octanol–water partition coefficient (Wildman–Crippen LogP) is 2.73. The van der Waals surface area contributed by atoms with Crippen LogP contribution >= 0.6 is 0 Å². The molecule has 24 heavy (non-hydrogen) atoms. The van der Waals surface area contributed by atoms with Crippen molar-refractivity contribution in [2.75, 3.05) is 0 Å². The highest BCUT2D eigenvalue weighted by Crippen LogP contribution is 2.50. The van der Waals surface area contributed by atoms with Crippen molar-refractivity contribution in [1.29, 1.82) is 0 Å². The van der Waals surface area contributed by atoms with E-state index in [-0.39, 0.29) is 27.4 Å². The minimum atomic E-state index is -5.16. The molecule has 9 heteroatoms. The molecular weight excluding hydrogens is 345 g/mol. The first-order valence-corrected chi connectivity index (χ1v) is 9.02. The van der Waals surface area contributed by atoms with Crippen LogP contribution in [0.1, 0.15) is 26.2 Å². The molecule has 132 valence electrons. The van der Waals surface area contributed by atoms with Gasteiger partial charge in [-0.15, -0.1) is 4.41 Å². The van der Waals surface area contributed by atoms with Gasteiger partial charge >= 0.3 is 6.18 Å². The highest BCUT2D eigenvalue weighted by Gasteiger charge is 2.70. The molecule has 0 bridgehead atoms. The third-order valence-corrected chi connectivity index (χ3v) is 6.34. The lowest BCUT2D eigenvalue weighted by molar-refractivity contribution is -0.306. The fourth-order valence-electron chi connectivity index (χ4n) is 3.39. The van der Waals surface area contributed by atoms with Gasteiger partial charge in [0.05, 0.1) is 16.5 Å². The van der Waals surface area contributed by atoms with Crippen LogP contribution in [-0.4, -0.2) is 35.6 Å². The summed E-state index contributed by atoms with van der Waals surface area (Å²) in [6.45, 7) is 1.69. The summed E-state index contributed by atoms with van der Waals surface area (Å²) in [7, 11) is -4.64. The number of alkyl halides is 3. The zero-order valence-electron chi connectivity index (χ0n) is 12.9. The normalized spacial score (nSPS) is 30.9. The lowest BCUT2D eigenvalue weighted by atomic mass is 9.76. The Bertz CT molecular complexity index is 764. The third kappa shape index (κ3) is 2.33. The van der Waals surface area contributed by atoms with Crippen molar-refractivity contribution in [2.45, 2.75) is 43.0 Å². The largest absolute Gasteiger partial charge is 0.439 e. The molecule has 1 fully saturated rings. The molecule has 2 aliphatic rings. The SMILES string of the molecule is CC1CCCC2C1=NN(S(=O)(=O)c1ccccc1)C2(O)C(F)(F)F. The number of aliphatic hydroxyl groups is 1. The molecule has 1 N–H and O–H groups in total. The number of rotatable bonds is 2. The quantitative estimate of drug-likeness (QED) is 0.879. The Morgan fingerprint density at radius 3 is 2.46 bits per heavy atom. The molecule has 1 aliphatic heterocycles. The van der Waals surface area contributed by atoms with Gasteiger partial charge in [-0.25, -0.2) is 0 Å². The van der Waals surface area contributed by atoms with Gasteiger partial charge in [0.2, 0.25) is 0 Å². The van der Waals surface area contributed by atoms with Gasteiger partial charge in [-0.3, -0.25) is 0 Å². The van der Waals surface area contributed by atoms with Crippen molar-refractivity contribution in [3.05, 3.63) is 30.3 Å². The standard InChI is InChI=1S/C15H17F3N2O3S/c1-10-6-5-9-12-13(10)19-20(14(12,21)15(16,17)18)24(22,23)11-7-3-2-4-8-11/h2-4,7-8,10,12,21H,5-6,9H2,1H3. The van der Waals surface area contributed by atoms with Crippen molar-refractivity contribution in [2.24, 2.45) is 16.9 Å². The minimum Gasteiger partial charge on any atom is -0.361 e. The molecule has 1 saturated carbocycles. The third-order valence-electron chi connectivity index (χ3n) is 4.66. The average molecular weight is 362 g/mol. The molecule has 0 amide bonds. The van der Waals surface area contributed by atoms with Crippen LogP contribution in [0, 0.1) is 11.8 Å². The van der Waals surface area contributed by atoms with Crippen LogP contribution in [0.4, 0.5) is 13.2 Å². The fourth-order valence-corrected chi connectivity index (χ4v) is 4.89. The Labute approximate surface area is 137 Å². The van der Waals surface area contributed by atoms with E-state index >= 15 is 0 Å². The van der Waals surface area contributed by atoms with E-state index in [1.165, 1.54) is 24.3 Å². The van der Waals surface area contributed by atoms with E-state index in [2.05, 4.69) is 5.10 Å².